The summed E-state index contributed by atoms with van der Waals surface area (Å²) in [4.78, 5) is 22.4. The molecule has 6 heteroatoms. The van der Waals surface area contributed by atoms with Gasteiger partial charge in [-0.1, -0.05) is 13.3 Å². The Hall–Kier alpha value is -2.24. The molecule has 20 heavy (non-hydrogen) atoms. The van der Waals surface area contributed by atoms with Crippen LogP contribution in [0.15, 0.2) is 18.2 Å². The highest BCUT2D eigenvalue weighted by molar-refractivity contribution is 5.93. The Morgan fingerprint density at radius 1 is 1.25 bits per heavy atom. The van der Waals surface area contributed by atoms with Gasteiger partial charge in [0.25, 0.3) is 0 Å². The number of carbonyl (C=O) groups is 2. The van der Waals surface area contributed by atoms with Crippen LogP contribution in [0.5, 0.6) is 11.5 Å². The van der Waals surface area contributed by atoms with Gasteiger partial charge in [-0.05, 0) is 24.6 Å². The van der Waals surface area contributed by atoms with Gasteiger partial charge in [0.2, 0.25) is 5.91 Å². The highest BCUT2D eigenvalue weighted by Crippen LogP contribution is 2.27. The van der Waals surface area contributed by atoms with Gasteiger partial charge in [0.05, 0.1) is 13.7 Å². The van der Waals surface area contributed by atoms with Crippen LogP contribution in [0.1, 0.15) is 30.1 Å². The minimum absolute atomic E-state index is 0.212. The topological polar surface area (TPSA) is 87.9 Å². The lowest BCUT2D eigenvalue weighted by Gasteiger charge is -2.11. The molecule has 0 fully saturated rings. The minimum Gasteiger partial charge on any atom is -0.493 e. The van der Waals surface area contributed by atoms with Gasteiger partial charge in [-0.25, -0.2) is 4.79 Å². The van der Waals surface area contributed by atoms with Crippen molar-refractivity contribution in [3.63, 3.8) is 0 Å². The van der Waals surface area contributed by atoms with Crippen LogP contribution in [0.25, 0.3) is 0 Å². The van der Waals surface area contributed by atoms with E-state index in [0.717, 1.165) is 12.8 Å². The summed E-state index contributed by atoms with van der Waals surface area (Å²) in [6.07, 6.45) is 1.78. The van der Waals surface area contributed by atoms with E-state index in [1.807, 2.05) is 6.92 Å². The Morgan fingerprint density at radius 3 is 2.60 bits per heavy atom. The van der Waals surface area contributed by atoms with Crippen molar-refractivity contribution in [3.8, 4) is 11.5 Å². The maximum absolute atomic E-state index is 11.4. The van der Waals surface area contributed by atoms with E-state index in [9.17, 15) is 9.59 Å². The van der Waals surface area contributed by atoms with Crippen LogP contribution >= 0.6 is 0 Å². The summed E-state index contributed by atoms with van der Waals surface area (Å²) in [6, 6.07) is 4.49. The third-order valence-corrected chi connectivity index (χ3v) is 2.55. The van der Waals surface area contributed by atoms with Crippen LogP contribution in [0, 0.1) is 0 Å². The zero-order chi connectivity index (χ0) is 15.0. The third kappa shape index (κ3) is 4.79. The van der Waals surface area contributed by atoms with E-state index in [-0.39, 0.29) is 6.61 Å². The molecule has 0 bridgehead atoms. The fourth-order valence-electron chi connectivity index (χ4n) is 1.45. The fraction of sp³-hybridized carbons (Fsp3) is 0.429. The molecule has 0 aromatic heterocycles. The number of hydrogen-bond donors (Lipinski definition) is 1. The summed E-state index contributed by atoms with van der Waals surface area (Å²) in [5.41, 5.74) is 5.47. The van der Waals surface area contributed by atoms with Crippen LogP contribution in [-0.4, -0.2) is 32.2 Å². The van der Waals surface area contributed by atoms with Crippen molar-refractivity contribution in [1.29, 1.82) is 0 Å². The van der Waals surface area contributed by atoms with E-state index >= 15 is 0 Å². The Kier molecular flexibility index (Phi) is 6.36. The monoisotopic (exact) mass is 281 g/mol. The van der Waals surface area contributed by atoms with Gasteiger partial charge in [-0.2, -0.15) is 0 Å². The van der Waals surface area contributed by atoms with Crippen molar-refractivity contribution >= 4 is 11.9 Å². The average Bonchev–Trinajstić information content (AvgIpc) is 2.45. The maximum atomic E-state index is 11.4. The molecule has 0 aliphatic carbocycles. The molecule has 1 aromatic carbocycles. The quantitative estimate of drug-likeness (QED) is 0.576. The van der Waals surface area contributed by atoms with Crippen molar-refractivity contribution in [3.05, 3.63) is 23.8 Å². The van der Waals surface area contributed by atoms with Crippen LogP contribution in [0.2, 0.25) is 0 Å². The van der Waals surface area contributed by atoms with Gasteiger partial charge in [-0.3, -0.25) is 4.79 Å². The lowest BCUT2D eigenvalue weighted by molar-refractivity contribution is -0.146. The lowest BCUT2D eigenvalue weighted by atomic mass is 10.2. The number of nitrogens with two attached hydrogens (primary N) is 1. The Bertz CT molecular complexity index is 473. The standard InChI is InChI=1S/C14H19NO5/c1-3-4-7-19-13(16)9-20-11-6-5-10(14(15)17)8-12(11)18-2/h5-6,8H,3-4,7,9H2,1-2H3,(H2,15,17). The summed E-state index contributed by atoms with van der Waals surface area (Å²) < 4.78 is 15.3. The number of ether oxygens (including phenoxy) is 3. The molecule has 6 nitrogen and oxygen atoms in total. The first kappa shape index (κ1) is 15.8. The molecule has 1 aromatic rings. The van der Waals surface area contributed by atoms with E-state index in [4.69, 9.17) is 19.9 Å². The first-order chi connectivity index (χ1) is 9.58. The molecule has 0 saturated carbocycles. The number of carbonyl (C=O) groups excluding carboxylic acids is 2. The van der Waals surface area contributed by atoms with Gasteiger partial charge < -0.3 is 19.9 Å². The zero-order valence-electron chi connectivity index (χ0n) is 11.7. The predicted octanol–water partition coefficient (Wildman–Crippen LogP) is 1.52. The van der Waals surface area contributed by atoms with Crippen molar-refractivity contribution < 1.29 is 23.8 Å². The number of methoxy groups -OCH3 is 1. The average molecular weight is 281 g/mol. The van der Waals surface area contributed by atoms with Crippen molar-refractivity contribution in [1.82, 2.24) is 0 Å². The van der Waals surface area contributed by atoms with E-state index in [1.165, 1.54) is 25.3 Å². The van der Waals surface area contributed by atoms with Crippen molar-refractivity contribution in [2.45, 2.75) is 19.8 Å². The fourth-order valence-corrected chi connectivity index (χ4v) is 1.45. The van der Waals surface area contributed by atoms with Crippen LogP contribution in [0.3, 0.4) is 0 Å². The summed E-state index contributed by atoms with van der Waals surface area (Å²) in [7, 11) is 1.44. The van der Waals surface area contributed by atoms with Gasteiger partial charge in [-0.15, -0.1) is 0 Å². The Balaban J connectivity index is 2.59. The number of amides is 1. The first-order valence-corrected chi connectivity index (χ1v) is 6.34. The minimum atomic E-state index is -0.561. The molecular weight excluding hydrogens is 262 g/mol. The summed E-state index contributed by atoms with van der Waals surface area (Å²) in [5.74, 6) is -0.319. The first-order valence-electron chi connectivity index (χ1n) is 6.34. The Labute approximate surface area is 117 Å². The molecule has 0 aliphatic rings. The van der Waals surface area contributed by atoms with E-state index in [2.05, 4.69) is 0 Å². The van der Waals surface area contributed by atoms with Crippen LogP contribution < -0.4 is 15.2 Å². The van der Waals surface area contributed by atoms with Gasteiger partial charge in [0.1, 0.15) is 0 Å². The van der Waals surface area contributed by atoms with E-state index in [0.29, 0.717) is 23.7 Å². The number of benzene rings is 1. The van der Waals surface area contributed by atoms with Gasteiger partial charge >= 0.3 is 5.97 Å². The molecule has 1 amide bonds. The highest BCUT2D eigenvalue weighted by atomic mass is 16.6. The second kappa shape index (κ2) is 8.04. The van der Waals surface area contributed by atoms with Crippen molar-refractivity contribution in [2.75, 3.05) is 20.3 Å². The van der Waals surface area contributed by atoms with E-state index < -0.39 is 11.9 Å². The smallest absolute Gasteiger partial charge is 0.344 e. The van der Waals surface area contributed by atoms with E-state index in [1.54, 1.807) is 0 Å². The number of rotatable bonds is 8. The molecule has 0 aliphatic heterocycles. The van der Waals surface area contributed by atoms with Gasteiger partial charge in [0.15, 0.2) is 18.1 Å². The SMILES string of the molecule is CCCCOC(=O)COc1ccc(C(N)=O)cc1OC. The van der Waals surface area contributed by atoms with Crippen molar-refractivity contribution in [2.24, 2.45) is 5.73 Å². The molecule has 1 rings (SSSR count). The largest absolute Gasteiger partial charge is 0.493 e. The molecule has 0 spiro atoms. The Morgan fingerprint density at radius 2 is 2.00 bits per heavy atom. The molecular formula is C14H19NO5. The second-order valence-corrected chi connectivity index (χ2v) is 4.09. The highest BCUT2D eigenvalue weighted by Gasteiger charge is 2.11. The molecule has 0 atom stereocenters. The summed E-state index contributed by atoms with van der Waals surface area (Å²) in [6.45, 7) is 2.18. The molecule has 0 unspecified atom stereocenters. The number of esters is 1. The third-order valence-electron chi connectivity index (χ3n) is 2.55. The van der Waals surface area contributed by atoms with Crippen LogP contribution in [0.4, 0.5) is 0 Å². The predicted molar refractivity (Wildman–Crippen MR) is 72.9 cm³/mol. The second-order valence-electron chi connectivity index (χ2n) is 4.09. The molecule has 2 N–H and O–H groups in total. The zero-order valence-corrected chi connectivity index (χ0v) is 11.7. The lowest BCUT2D eigenvalue weighted by Crippen LogP contribution is -2.16. The number of primary amides is 1. The molecule has 0 radical (unpaired) electrons. The number of hydrogen-bond acceptors (Lipinski definition) is 5. The normalized spacial score (nSPS) is 9.90. The summed E-state index contributed by atoms with van der Waals surface area (Å²) in [5, 5.41) is 0. The van der Waals surface area contributed by atoms with Gasteiger partial charge in [0, 0.05) is 5.56 Å². The summed E-state index contributed by atoms with van der Waals surface area (Å²) >= 11 is 0. The van der Waals surface area contributed by atoms with Crippen LogP contribution in [-0.2, 0) is 9.53 Å². The molecule has 0 heterocycles. The molecule has 110 valence electrons. The number of unbranched alkanes of at least 4 members (excludes halogenated alkanes) is 1. The maximum Gasteiger partial charge on any atom is 0.344 e. The molecule has 0 saturated heterocycles.